The van der Waals surface area contributed by atoms with E-state index in [0.29, 0.717) is 0 Å². The normalized spacial score (nSPS) is 11.0. The van der Waals surface area contributed by atoms with E-state index in [4.69, 9.17) is 16.6 Å². The quantitative estimate of drug-likeness (QED) is 0.415. The van der Waals surface area contributed by atoms with Crippen molar-refractivity contribution >= 4 is 34.7 Å². The molecule has 4 aromatic rings. The summed E-state index contributed by atoms with van der Waals surface area (Å²) in [6.45, 7) is 0. The van der Waals surface area contributed by atoms with Crippen LogP contribution in [0.3, 0.4) is 0 Å². The largest absolute Gasteiger partial charge is 0.277 e. The molecule has 0 aliphatic rings. The van der Waals surface area contributed by atoms with E-state index in [1.165, 1.54) is 5.56 Å². The fourth-order valence-electron chi connectivity index (χ4n) is 2.50. The molecule has 0 N–H and O–H groups in total. The predicted octanol–water partition coefficient (Wildman–Crippen LogP) is 5.26. The van der Waals surface area contributed by atoms with E-state index in [1.807, 2.05) is 59.2 Å². The fourth-order valence-corrected chi connectivity index (χ4v) is 4.38. The number of para-hydroxylation sites is 1. The first-order valence-electron chi connectivity index (χ1n) is 8.04. The van der Waals surface area contributed by atoms with Gasteiger partial charge in [0.1, 0.15) is 6.33 Å². The molecule has 0 unspecified atom stereocenters. The highest BCUT2D eigenvalue weighted by molar-refractivity contribution is 7.98. The van der Waals surface area contributed by atoms with E-state index in [2.05, 4.69) is 15.6 Å². The van der Waals surface area contributed by atoms with Crippen LogP contribution in [0.1, 0.15) is 16.3 Å². The molecule has 26 heavy (non-hydrogen) atoms. The summed E-state index contributed by atoms with van der Waals surface area (Å²) in [5.41, 5.74) is 3.33. The molecule has 4 rings (SSSR count). The van der Waals surface area contributed by atoms with Crippen molar-refractivity contribution in [3.05, 3.63) is 87.6 Å². The van der Waals surface area contributed by atoms with Gasteiger partial charge in [-0.25, -0.2) is 4.98 Å². The van der Waals surface area contributed by atoms with Crippen LogP contribution < -0.4 is 0 Å². The van der Waals surface area contributed by atoms with Gasteiger partial charge in [0.25, 0.3) is 0 Å². The third kappa shape index (κ3) is 4.15. The minimum Gasteiger partial charge on any atom is -0.277 e. The zero-order chi connectivity index (χ0) is 17.8. The molecular weight excluding hydrogens is 384 g/mol. The molecule has 0 bridgehead atoms. The molecule has 0 aliphatic heterocycles. The van der Waals surface area contributed by atoms with E-state index in [9.17, 15) is 0 Å². The Morgan fingerprint density at radius 3 is 2.65 bits per heavy atom. The van der Waals surface area contributed by atoms with Gasteiger partial charge in [-0.2, -0.15) is 0 Å². The number of nitrogens with zero attached hydrogens (tertiary/aromatic N) is 4. The van der Waals surface area contributed by atoms with Gasteiger partial charge in [-0.1, -0.05) is 53.7 Å². The molecule has 2 aromatic carbocycles. The van der Waals surface area contributed by atoms with Crippen molar-refractivity contribution in [3.63, 3.8) is 0 Å². The highest BCUT2D eigenvalue weighted by Gasteiger charge is 2.09. The summed E-state index contributed by atoms with van der Waals surface area (Å²) < 4.78 is 1.99. The SMILES string of the molecule is Clc1ccc(Cc2nc(CSc3nncn3-c3ccccc3)cs2)cc1. The van der Waals surface area contributed by atoms with E-state index in [0.717, 1.165) is 38.7 Å². The summed E-state index contributed by atoms with van der Waals surface area (Å²) in [4.78, 5) is 4.74. The number of benzene rings is 2. The molecule has 0 saturated heterocycles. The third-order valence-electron chi connectivity index (χ3n) is 3.77. The van der Waals surface area contributed by atoms with Crippen LogP contribution in [-0.4, -0.2) is 19.7 Å². The Labute approximate surface area is 164 Å². The summed E-state index contributed by atoms with van der Waals surface area (Å²) in [6.07, 6.45) is 2.57. The van der Waals surface area contributed by atoms with Crippen molar-refractivity contribution in [1.29, 1.82) is 0 Å². The van der Waals surface area contributed by atoms with Crippen molar-refractivity contribution in [3.8, 4) is 5.69 Å². The van der Waals surface area contributed by atoms with Gasteiger partial charge in [-0.15, -0.1) is 21.5 Å². The molecule has 7 heteroatoms. The van der Waals surface area contributed by atoms with E-state index >= 15 is 0 Å². The maximum Gasteiger partial charge on any atom is 0.195 e. The summed E-state index contributed by atoms with van der Waals surface area (Å²) >= 11 is 9.26. The summed E-state index contributed by atoms with van der Waals surface area (Å²) in [5, 5.41) is 13.1. The number of thioether (sulfide) groups is 1. The number of hydrogen-bond acceptors (Lipinski definition) is 5. The maximum absolute atomic E-state index is 5.94. The number of halogens is 1. The fraction of sp³-hybridized carbons (Fsp3) is 0.105. The number of aromatic nitrogens is 4. The van der Waals surface area contributed by atoms with Crippen LogP contribution in [0.15, 0.2) is 71.5 Å². The second-order valence-corrected chi connectivity index (χ2v) is 7.97. The second kappa shape index (κ2) is 8.03. The Balaban J connectivity index is 1.41. The third-order valence-corrected chi connectivity index (χ3v) is 5.89. The average Bonchev–Trinajstić information content (AvgIpc) is 3.32. The van der Waals surface area contributed by atoms with Gasteiger partial charge in [-0.05, 0) is 29.8 Å². The van der Waals surface area contributed by atoms with Crippen LogP contribution in [0.25, 0.3) is 5.69 Å². The second-order valence-electron chi connectivity index (χ2n) is 5.64. The summed E-state index contributed by atoms with van der Waals surface area (Å²) in [6, 6.07) is 18.0. The molecule has 4 nitrogen and oxygen atoms in total. The highest BCUT2D eigenvalue weighted by Crippen LogP contribution is 2.25. The van der Waals surface area contributed by atoms with Gasteiger partial charge in [0, 0.05) is 28.3 Å². The first-order valence-corrected chi connectivity index (χ1v) is 10.3. The number of rotatable bonds is 6. The van der Waals surface area contributed by atoms with Gasteiger partial charge in [0.2, 0.25) is 0 Å². The molecule has 2 aromatic heterocycles. The zero-order valence-electron chi connectivity index (χ0n) is 13.7. The number of hydrogen-bond donors (Lipinski definition) is 0. The first kappa shape index (κ1) is 17.3. The maximum atomic E-state index is 5.94. The van der Waals surface area contributed by atoms with Crippen LogP contribution in [-0.2, 0) is 12.2 Å². The van der Waals surface area contributed by atoms with Crippen LogP contribution in [0, 0.1) is 0 Å². The van der Waals surface area contributed by atoms with Gasteiger partial charge in [-0.3, -0.25) is 4.57 Å². The van der Waals surface area contributed by atoms with Crippen molar-refractivity contribution in [2.45, 2.75) is 17.3 Å². The van der Waals surface area contributed by atoms with Crippen LogP contribution in [0.4, 0.5) is 0 Å². The number of thiazole rings is 1. The predicted molar refractivity (Wildman–Crippen MR) is 107 cm³/mol. The Hall–Kier alpha value is -2.15. The van der Waals surface area contributed by atoms with Crippen LogP contribution in [0.5, 0.6) is 0 Å². The summed E-state index contributed by atoms with van der Waals surface area (Å²) in [5.74, 6) is 0.767. The Morgan fingerprint density at radius 2 is 1.85 bits per heavy atom. The van der Waals surface area contributed by atoms with Crippen molar-refractivity contribution in [1.82, 2.24) is 19.7 Å². The molecule has 2 heterocycles. The van der Waals surface area contributed by atoms with Crippen LogP contribution in [0.2, 0.25) is 5.02 Å². The Kier molecular flexibility index (Phi) is 5.34. The van der Waals surface area contributed by atoms with E-state index in [1.54, 1.807) is 29.4 Å². The average molecular weight is 399 g/mol. The molecule has 0 amide bonds. The van der Waals surface area contributed by atoms with Crippen molar-refractivity contribution < 1.29 is 0 Å². The topological polar surface area (TPSA) is 43.6 Å². The lowest BCUT2D eigenvalue weighted by Gasteiger charge is -2.04. The monoisotopic (exact) mass is 398 g/mol. The molecule has 0 radical (unpaired) electrons. The molecule has 0 saturated carbocycles. The van der Waals surface area contributed by atoms with Gasteiger partial charge in [0.15, 0.2) is 5.16 Å². The van der Waals surface area contributed by atoms with E-state index < -0.39 is 0 Å². The lowest BCUT2D eigenvalue weighted by Crippen LogP contribution is -1.95. The first-order chi connectivity index (χ1) is 12.8. The van der Waals surface area contributed by atoms with E-state index in [-0.39, 0.29) is 0 Å². The molecule has 0 aliphatic carbocycles. The van der Waals surface area contributed by atoms with Crippen molar-refractivity contribution in [2.24, 2.45) is 0 Å². The Morgan fingerprint density at radius 1 is 1.04 bits per heavy atom. The minimum absolute atomic E-state index is 0.757. The van der Waals surface area contributed by atoms with Crippen molar-refractivity contribution in [2.75, 3.05) is 0 Å². The minimum atomic E-state index is 0.757. The standard InChI is InChI=1S/C19H15ClN4S2/c20-15-8-6-14(7-9-15)10-18-22-16(11-25-18)12-26-19-23-21-13-24(19)17-4-2-1-3-5-17/h1-9,11,13H,10,12H2. The Bertz CT molecular complexity index is 980. The molecule has 130 valence electrons. The highest BCUT2D eigenvalue weighted by atomic mass is 35.5. The zero-order valence-corrected chi connectivity index (χ0v) is 16.1. The summed E-state index contributed by atoms with van der Waals surface area (Å²) in [7, 11) is 0. The molecular formula is C19H15ClN4S2. The lowest BCUT2D eigenvalue weighted by molar-refractivity contribution is 0.883. The van der Waals surface area contributed by atoms with Gasteiger partial charge >= 0.3 is 0 Å². The molecule has 0 fully saturated rings. The van der Waals surface area contributed by atoms with Gasteiger partial charge < -0.3 is 0 Å². The molecule has 0 atom stereocenters. The molecule has 0 spiro atoms. The van der Waals surface area contributed by atoms with Gasteiger partial charge in [0.05, 0.1) is 10.7 Å². The lowest BCUT2D eigenvalue weighted by atomic mass is 10.2. The van der Waals surface area contributed by atoms with Crippen LogP contribution >= 0.6 is 34.7 Å². The smallest absolute Gasteiger partial charge is 0.195 e.